The summed E-state index contributed by atoms with van der Waals surface area (Å²) >= 11 is 0. The highest BCUT2D eigenvalue weighted by Gasteiger charge is 2.33. The molecule has 0 N–H and O–H groups in total. The number of carbonyl (C=O) groups excluding carboxylic acids is 1. The Balaban J connectivity index is 1.75. The quantitative estimate of drug-likeness (QED) is 0.827. The van der Waals surface area contributed by atoms with Gasteiger partial charge in [-0.05, 0) is 49.2 Å². The number of benzene rings is 2. The van der Waals surface area contributed by atoms with E-state index < -0.39 is 0 Å². The van der Waals surface area contributed by atoms with Crippen LogP contribution in [0.15, 0.2) is 42.5 Å². The van der Waals surface area contributed by atoms with E-state index >= 15 is 0 Å². The minimum atomic E-state index is -0.184. The lowest BCUT2D eigenvalue weighted by atomic mass is 10.1. The number of ether oxygens (including phenoxy) is 2. The van der Waals surface area contributed by atoms with Crippen LogP contribution in [0.2, 0.25) is 0 Å². The number of amides is 1. The van der Waals surface area contributed by atoms with Gasteiger partial charge in [0.25, 0.3) is 0 Å². The Kier molecular flexibility index (Phi) is 5.47. The Morgan fingerprint density at radius 1 is 1.04 bits per heavy atom. The molecule has 5 nitrogen and oxygen atoms in total. The van der Waals surface area contributed by atoms with E-state index in [4.69, 9.17) is 9.47 Å². The first-order valence-electron chi connectivity index (χ1n) is 8.86. The van der Waals surface area contributed by atoms with E-state index in [1.807, 2.05) is 61.2 Å². The first kappa shape index (κ1) is 18.3. The van der Waals surface area contributed by atoms with Gasteiger partial charge in [-0.1, -0.05) is 18.2 Å². The molecule has 0 radical (unpaired) electrons. The molecular weight excluding hydrogens is 328 g/mol. The lowest BCUT2D eigenvalue weighted by Gasteiger charge is -2.39. The highest BCUT2D eigenvalue weighted by atomic mass is 16.5. The van der Waals surface area contributed by atoms with Crippen LogP contribution < -0.4 is 14.4 Å². The average Bonchev–Trinajstić information content (AvgIpc) is 2.66. The van der Waals surface area contributed by atoms with Crippen LogP contribution >= 0.6 is 0 Å². The van der Waals surface area contributed by atoms with Crippen molar-refractivity contribution in [1.82, 2.24) is 4.90 Å². The Morgan fingerprint density at radius 3 is 2.42 bits per heavy atom. The van der Waals surface area contributed by atoms with Crippen LogP contribution in [0.3, 0.4) is 0 Å². The molecule has 2 aromatic carbocycles. The molecule has 0 aliphatic carbocycles. The van der Waals surface area contributed by atoms with Gasteiger partial charge in [-0.3, -0.25) is 9.69 Å². The largest absolute Gasteiger partial charge is 0.497 e. The third kappa shape index (κ3) is 3.68. The maximum atomic E-state index is 13.0. The molecule has 0 bridgehead atoms. The second-order valence-electron chi connectivity index (χ2n) is 6.66. The zero-order chi connectivity index (χ0) is 18.7. The molecule has 3 rings (SSSR count). The van der Waals surface area contributed by atoms with Gasteiger partial charge in [0.15, 0.2) is 0 Å². The topological polar surface area (TPSA) is 42.0 Å². The number of hydrogen-bond donors (Lipinski definition) is 0. The van der Waals surface area contributed by atoms with Gasteiger partial charge < -0.3 is 14.4 Å². The summed E-state index contributed by atoms with van der Waals surface area (Å²) in [6.07, 6.45) is 0. The minimum absolute atomic E-state index is 0.105. The lowest BCUT2D eigenvalue weighted by molar-refractivity contribution is -0.125. The molecule has 1 amide bonds. The van der Waals surface area contributed by atoms with Gasteiger partial charge in [-0.15, -0.1) is 0 Å². The molecule has 0 saturated carbocycles. The predicted molar refractivity (Wildman–Crippen MR) is 103 cm³/mol. The Morgan fingerprint density at radius 2 is 1.77 bits per heavy atom. The number of rotatable bonds is 5. The Hall–Kier alpha value is -2.53. The van der Waals surface area contributed by atoms with Gasteiger partial charge in [-0.2, -0.15) is 0 Å². The summed E-state index contributed by atoms with van der Waals surface area (Å²) < 4.78 is 10.7. The second kappa shape index (κ2) is 7.79. The van der Waals surface area contributed by atoms with Crippen LogP contribution in [0.5, 0.6) is 11.5 Å². The zero-order valence-corrected chi connectivity index (χ0v) is 15.9. The maximum Gasteiger partial charge on any atom is 0.244 e. The maximum absolute atomic E-state index is 13.0. The van der Waals surface area contributed by atoms with Gasteiger partial charge in [0, 0.05) is 19.6 Å². The summed E-state index contributed by atoms with van der Waals surface area (Å²) in [5.41, 5.74) is 3.14. The number of piperazine rings is 1. The molecule has 5 heteroatoms. The predicted octanol–water partition coefficient (Wildman–Crippen LogP) is 3.25. The average molecular weight is 354 g/mol. The van der Waals surface area contributed by atoms with Gasteiger partial charge in [0.1, 0.15) is 11.5 Å². The summed E-state index contributed by atoms with van der Waals surface area (Å²) in [4.78, 5) is 17.1. The van der Waals surface area contributed by atoms with Crippen LogP contribution in [0.4, 0.5) is 5.69 Å². The molecule has 0 spiro atoms. The fraction of sp³-hybridized carbons (Fsp3) is 0.381. The fourth-order valence-electron chi connectivity index (χ4n) is 3.35. The van der Waals surface area contributed by atoms with E-state index in [9.17, 15) is 4.79 Å². The number of carbonyl (C=O) groups is 1. The number of aryl methyl sites for hydroxylation is 1. The first-order valence-corrected chi connectivity index (χ1v) is 8.86. The van der Waals surface area contributed by atoms with Crippen molar-refractivity contribution in [3.63, 3.8) is 0 Å². The van der Waals surface area contributed by atoms with Crippen molar-refractivity contribution in [3.8, 4) is 11.5 Å². The standard InChI is InChI=1S/C21H26N2O3/c1-15-5-10-20(26-4)19(13-15)23-12-11-22(16(2)21(23)24)14-17-6-8-18(25-3)9-7-17/h5-10,13,16H,11-12,14H2,1-4H3. The van der Waals surface area contributed by atoms with Crippen molar-refractivity contribution < 1.29 is 14.3 Å². The molecule has 2 aromatic rings. The van der Waals surface area contributed by atoms with Crippen LogP contribution in [-0.2, 0) is 11.3 Å². The summed E-state index contributed by atoms with van der Waals surface area (Å²) in [5, 5.41) is 0. The molecule has 26 heavy (non-hydrogen) atoms. The van der Waals surface area contributed by atoms with Gasteiger partial charge in [0.05, 0.1) is 25.9 Å². The summed E-state index contributed by atoms with van der Waals surface area (Å²) in [7, 11) is 3.30. The smallest absolute Gasteiger partial charge is 0.244 e. The Labute approximate surface area is 155 Å². The van der Waals surface area contributed by atoms with Gasteiger partial charge in [-0.25, -0.2) is 0 Å². The lowest BCUT2D eigenvalue weighted by Crippen LogP contribution is -2.55. The summed E-state index contributed by atoms with van der Waals surface area (Å²) in [6, 6.07) is 13.8. The van der Waals surface area contributed by atoms with E-state index in [1.165, 1.54) is 5.56 Å². The van der Waals surface area contributed by atoms with Gasteiger partial charge >= 0.3 is 0 Å². The fourth-order valence-corrected chi connectivity index (χ4v) is 3.35. The van der Waals surface area contributed by atoms with Crippen molar-refractivity contribution >= 4 is 11.6 Å². The monoisotopic (exact) mass is 354 g/mol. The van der Waals surface area contributed by atoms with Crippen molar-refractivity contribution in [2.45, 2.75) is 26.4 Å². The van der Waals surface area contributed by atoms with Crippen molar-refractivity contribution in [2.24, 2.45) is 0 Å². The van der Waals surface area contributed by atoms with Crippen molar-refractivity contribution in [3.05, 3.63) is 53.6 Å². The van der Waals surface area contributed by atoms with Crippen LogP contribution in [-0.4, -0.2) is 44.2 Å². The number of nitrogens with zero attached hydrogens (tertiary/aromatic N) is 2. The SMILES string of the molecule is COc1ccc(CN2CCN(c3cc(C)ccc3OC)C(=O)C2C)cc1. The van der Waals surface area contributed by atoms with E-state index in [-0.39, 0.29) is 11.9 Å². The molecule has 1 heterocycles. The number of methoxy groups -OCH3 is 2. The molecule has 1 aliphatic rings. The van der Waals surface area contributed by atoms with E-state index in [2.05, 4.69) is 4.90 Å². The second-order valence-corrected chi connectivity index (χ2v) is 6.66. The third-order valence-corrected chi connectivity index (χ3v) is 4.95. The van der Waals surface area contributed by atoms with Crippen molar-refractivity contribution in [2.75, 3.05) is 32.2 Å². The Bertz CT molecular complexity index is 773. The van der Waals surface area contributed by atoms with E-state index in [0.717, 1.165) is 35.8 Å². The molecular formula is C21H26N2O3. The molecule has 1 atom stereocenters. The number of anilines is 1. The van der Waals surface area contributed by atoms with E-state index in [0.29, 0.717) is 6.54 Å². The molecule has 1 aliphatic heterocycles. The van der Waals surface area contributed by atoms with Crippen molar-refractivity contribution in [1.29, 1.82) is 0 Å². The highest BCUT2D eigenvalue weighted by Crippen LogP contribution is 2.31. The zero-order valence-electron chi connectivity index (χ0n) is 15.9. The summed E-state index contributed by atoms with van der Waals surface area (Å²) in [5.74, 6) is 1.68. The minimum Gasteiger partial charge on any atom is -0.497 e. The third-order valence-electron chi connectivity index (χ3n) is 4.95. The normalized spacial score (nSPS) is 18.1. The van der Waals surface area contributed by atoms with E-state index in [1.54, 1.807) is 14.2 Å². The molecule has 1 unspecified atom stereocenters. The molecule has 1 saturated heterocycles. The summed E-state index contributed by atoms with van der Waals surface area (Å²) in [6.45, 7) is 6.21. The first-order chi connectivity index (χ1) is 12.5. The molecule has 0 aromatic heterocycles. The number of hydrogen-bond acceptors (Lipinski definition) is 4. The molecule has 1 fully saturated rings. The highest BCUT2D eigenvalue weighted by molar-refractivity contribution is 5.99. The molecule has 138 valence electrons. The van der Waals surface area contributed by atoms with Crippen LogP contribution in [0.1, 0.15) is 18.1 Å². The van der Waals surface area contributed by atoms with Crippen LogP contribution in [0, 0.1) is 6.92 Å². The van der Waals surface area contributed by atoms with Crippen LogP contribution in [0.25, 0.3) is 0 Å². The van der Waals surface area contributed by atoms with Gasteiger partial charge in [0.2, 0.25) is 5.91 Å².